The number of rotatable bonds is 8. The molecule has 1 heterocycles. The molecule has 0 bridgehead atoms. The van der Waals surface area contributed by atoms with Crippen molar-refractivity contribution in [2.45, 2.75) is 38.6 Å². The Morgan fingerprint density at radius 1 is 1.15 bits per heavy atom. The molecule has 1 aliphatic heterocycles. The molecule has 9 heteroatoms. The monoisotopic (exact) mass is 397 g/mol. The normalized spacial score (nSPS) is 18.0. The lowest BCUT2D eigenvalue weighted by Crippen LogP contribution is -2.53. The summed E-state index contributed by atoms with van der Waals surface area (Å²) in [5.74, 6) is -0.518. The van der Waals surface area contributed by atoms with Crippen LogP contribution in [0.1, 0.15) is 43.0 Å². The number of amides is 2. The maximum absolute atomic E-state index is 12.5. The van der Waals surface area contributed by atoms with Crippen molar-refractivity contribution in [3.8, 4) is 5.75 Å². The molecule has 8 nitrogen and oxygen atoms in total. The molecule has 1 fully saturated rings. The van der Waals surface area contributed by atoms with Crippen molar-refractivity contribution < 1.29 is 23.1 Å². The van der Waals surface area contributed by atoms with E-state index in [4.69, 9.17) is 0 Å². The number of phenols is 1. The largest absolute Gasteiger partial charge is 0.508 e. The minimum Gasteiger partial charge on any atom is -0.508 e. The van der Waals surface area contributed by atoms with Gasteiger partial charge in [0.15, 0.2) is 0 Å². The molecule has 0 saturated carbocycles. The molecule has 27 heavy (non-hydrogen) atoms. The van der Waals surface area contributed by atoms with E-state index in [1.807, 2.05) is 0 Å². The fourth-order valence-corrected chi connectivity index (χ4v) is 4.82. The van der Waals surface area contributed by atoms with Crippen LogP contribution < -0.4 is 10.6 Å². The average Bonchev–Trinajstić information content (AvgIpc) is 2.65. The van der Waals surface area contributed by atoms with E-state index in [0.29, 0.717) is 24.9 Å². The topological polar surface area (TPSA) is 116 Å². The molecule has 0 radical (unpaired) electrons. The number of nitrogens with one attached hydrogen (secondary N) is 2. The van der Waals surface area contributed by atoms with Gasteiger partial charge < -0.3 is 15.7 Å². The van der Waals surface area contributed by atoms with E-state index in [1.165, 1.54) is 28.6 Å². The first-order valence-corrected chi connectivity index (χ1v) is 10.8. The summed E-state index contributed by atoms with van der Waals surface area (Å²) in [5, 5.41) is 14.6. The smallest absolute Gasteiger partial charge is 0.251 e. The molecule has 2 amide bonds. The zero-order valence-corrected chi connectivity index (χ0v) is 16.3. The van der Waals surface area contributed by atoms with E-state index in [9.17, 15) is 23.1 Å². The van der Waals surface area contributed by atoms with Gasteiger partial charge in [0.1, 0.15) is 11.8 Å². The molecular formula is C18H27N3O5S. The number of piperidine rings is 1. The summed E-state index contributed by atoms with van der Waals surface area (Å²) in [5.41, 5.74) is 0.406. The number of phenolic OH excluding ortho intramolecular Hbond substituents is 1. The fourth-order valence-electron chi connectivity index (χ4n) is 3.07. The Balaban J connectivity index is 1.83. The summed E-state index contributed by atoms with van der Waals surface area (Å²) < 4.78 is 26.1. The van der Waals surface area contributed by atoms with Crippen LogP contribution in [-0.4, -0.2) is 61.1 Å². The van der Waals surface area contributed by atoms with Crippen LogP contribution in [0, 0.1) is 0 Å². The zero-order valence-electron chi connectivity index (χ0n) is 15.5. The molecule has 1 saturated heterocycles. The molecule has 0 aliphatic carbocycles. The van der Waals surface area contributed by atoms with Gasteiger partial charge in [-0.1, -0.05) is 13.3 Å². The molecule has 0 aromatic heterocycles. The predicted molar refractivity (Wildman–Crippen MR) is 102 cm³/mol. The van der Waals surface area contributed by atoms with Crippen LogP contribution in [-0.2, 0) is 14.8 Å². The molecule has 2 rings (SSSR count). The second-order valence-corrected chi connectivity index (χ2v) is 8.57. The van der Waals surface area contributed by atoms with Crippen LogP contribution in [0.15, 0.2) is 24.3 Å². The van der Waals surface area contributed by atoms with Crippen molar-refractivity contribution in [2.75, 3.05) is 25.4 Å². The summed E-state index contributed by atoms with van der Waals surface area (Å²) in [6.07, 6.45) is 2.59. The minimum atomic E-state index is -3.43. The fraction of sp³-hybridized carbons (Fsp3) is 0.556. The number of benzene rings is 1. The van der Waals surface area contributed by atoms with Gasteiger partial charge in [-0.05, 0) is 43.5 Å². The number of carbonyl (C=O) groups is 2. The van der Waals surface area contributed by atoms with Gasteiger partial charge in [-0.2, -0.15) is 4.31 Å². The van der Waals surface area contributed by atoms with E-state index < -0.39 is 16.1 Å². The highest BCUT2D eigenvalue weighted by molar-refractivity contribution is 7.89. The number of aromatic hydroxyl groups is 1. The maximum Gasteiger partial charge on any atom is 0.251 e. The lowest BCUT2D eigenvalue weighted by Gasteiger charge is -2.33. The Morgan fingerprint density at radius 2 is 1.81 bits per heavy atom. The lowest BCUT2D eigenvalue weighted by molar-refractivity contribution is -0.125. The number of carbonyl (C=O) groups excluding carboxylic acids is 2. The van der Waals surface area contributed by atoms with Crippen LogP contribution in [0.3, 0.4) is 0 Å². The Morgan fingerprint density at radius 3 is 2.48 bits per heavy atom. The van der Waals surface area contributed by atoms with Crippen molar-refractivity contribution in [1.82, 2.24) is 14.9 Å². The zero-order chi connectivity index (χ0) is 19.9. The third-order valence-electron chi connectivity index (χ3n) is 4.41. The first-order valence-electron chi connectivity index (χ1n) is 9.19. The molecule has 1 atom stereocenters. The van der Waals surface area contributed by atoms with E-state index in [0.717, 1.165) is 12.8 Å². The molecule has 1 aromatic carbocycles. The van der Waals surface area contributed by atoms with Gasteiger partial charge in [0, 0.05) is 25.2 Å². The van der Waals surface area contributed by atoms with Gasteiger partial charge in [-0.25, -0.2) is 8.42 Å². The van der Waals surface area contributed by atoms with Crippen LogP contribution in [0.25, 0.3) is 0 Å². The highest BCUT2D eigenvalue weighted by Gasteiger charge is 2.35. The number of nitrogens with zero attached hydrogens (tertiary/aromatic N) is 1. The van der Waals surface area contributed by atoms with Crippen molar-refractivity contribution in [3.63, 3.8) is 0 Å². The molecule has 1 unspecified atom stereocenters. The van der Waals surface area contributed by atoms with E-state index >= 15 is 0 Å². The quantitative estimate of drug-likeness (QED) is 0.562. The molecule has 0 spiro atoms. The Hall–Kier alpha value is -2.13. The Kier molecular flexibility index (Phi) is 7.61. The predicted octanol–water partition coefficient (Wildman–Crippen LogP) is 0.833. The second-order valence-electron chi connectivity index (χ2n) is 6.53. The highest BCUT2D eigenvalue weighted by atomic mass is 32.2. The standard InChI is InChI=1S/C18H27N3O5S/c1-2-13-27(25,26)21-12-4-3-5-16(21)18(24)20-11-10-19-17(23)14-6-8-15(22)9-7-14/h6-9,16,22H,2-5,10-13H2,1H3,(H,19,23)(H,20,24). The number of sulfonamides is 1. The van der Waals surface area contributed by atoms with Gasteiger partial charge in [0.2, 0.25) is 15.9 Å². The van der Waals surface area contributed by atoms with Gasteiger partial charge in [0.05, 0.1) is 5.75 Å². The Bertz CT molecular complexity index is 749. The molecule has 150 valence electrons. The second kappa shape index (κ2) is 9.70. The SMILES string of the molecule is CCCS(=O)(=O)N1CCCCC1C(=O)NCCNC(=O)c1ccc(O)cc1. The molecular weight excluding hydrogens is 370 g/mol. The third kappa shape index (κ3) is 5.93. The molecule has 1 aromatic rings. The van der Waals surface area contributed by atoms with Crippen LogP contribution in [0.5, 0.6) is 5.75 Å². The third-order valence-corrected chi connectivity index (χ3v) is 6.49. The highest BCUT2D eigenvalue weighted by Crippen LogP contribution is 2.21. The number of hydrogen-bond donors (Lipinski definition) is 3. The first-order chi connectivity index (χ1) is 12.8. The Labute approximate surface area is 160 Å². The van der Waals surface area contributed by atoms with Crippen LogP contribution in [0.2, 0.25) is 0 Å². The van der Waals surface area contributed by atoms with E-state index in [2.05, 4.69) is 10.6 Å². The summed E-state index contributed by atoms with van der Waals surface area (Å²) in [4.78, 5) is 24.4. The summed E-state index contributed by atoms with van der Waals surface area (Å²) in [6.45, 7) is 2.60. The summed E-state index contributed by atoms with van der Waals surface area (Å²) >= 11 is 0. The van der Waals surface area contributed by atoms with Gasteiger partial charge in [-0.3, -0.25) is 9.59 Å². The van der Waals surface area contributed by atoms with E-state index in [-0.39, 0.29) is 36.4 Å². The maximum atomic E-state index is 12.5. The minimum absolute atomic E-state index is 0.0411. The molecule has 3 N–H and O–H groups in total. The van der Waals surface area contributed by atoms with Gasteiger partial charge >= 0.3 is 0 Å². The van der Waals surface area contributed by atoms with E-state index in [1.54, 1.807) is 6.92 Å². The van der Waals surface area contributed by atoms with Gasteiger partial charge in [0.25, 0.3) is 5.91 Å². The van der Waals surface area contributed by atoms with Crippen LogP contribution >= 0.6 is 0 Å². The lowest BCUT2D eigenvalue weighted by atomic mass is 10.0. The van der Waals surface area contributed by atoms with Gasteiger partial charge in [-0.15, -0.1) is 0 Å². The first kappa shape index (κ1) is 21.2. The summed E-state index contributed by atoms with van der Waals surface area (Å²) in [6, 6.07) is 5.17. The van der Waals surface area contributed by atoms with Crippen molar-refractivity contribution in [1.29, 1.82) is 0 Å². The molecule has 1 aliphatic rings. The number of hydrogen-bond acceptors (Lipinski definition) is 5. The average molecular weight is 397 g/mol. The van der Waals surface area contributed by atoms with Crippen LogP contribution in [0.4, 0.5) is 0 Å². The van der Waals surface area contributed by atoms with Crippen molar-refractivity contribution in [3.05, 3.63) is 29.8 Å². The van der Waals surface area contributed by atoms with Crippen molar-refractivity contribution >= 4 is 21.8 Å². The summed E-state index contributed by atoms with van der Waals surface area (Å²) in [7, 11) is -3.43. The van der Waals surface area contributed by atoms with Crippen molar-refractivity contribution in [2.24, 2.45) is 0 Å².